The van der Waals surface area contributed by atoms with Crippen LogP contribution < -0.4 is 0 Å². The molecule has 0 unspecified atom stereocenters. The summed E-state index contributed by atoms with van der Waals surface area (Å²) in [4.78, 5) is 15.8. The fourth-order valence-corrected chi connectivity index (χ4v) is 2.13. The van der Waals surface area contributed by atoms with Gasteiger partial charge in [0.15, 0.2) is 5.78 Å². The summed E-state index contributed by atoms with van der Waals surface area (Å²) in [6, 6.07) is 1.88. The molecule has 2 aromatic heterocycles. The fourth-order valence-electron chi connectivity index (χ4n) is 1.58. The van der Waals surface area contributed by atoms with Gasteiger partial charge < -0.3 is 4.57 Å². The first-order chi connectivity index (χ1) is 7.79. The van der Waals surface area contributed by atoms with Crippen LogP contribution in [0, 0.1) is 0 Å². The van der Waals surface area contributed by atoms with E-state index in [1.807, 2.05) is 40.8 Å². The van der Waals surface area contributed by atoms with Crippen molar-refractivity contribution in [3.63, 3.8) is 0 Å². The monoisotopic (exact) mass is 234 g/mol. The van der Waals surface area contributed by atoms with Crippen molar-refractivity contribution in [3.8, 4) is 0 Å². The van der Waals surface area contributed by atoms with Crippen LogP contribution in [0.25, 0.3) is 0 Å². The van der Waals surface area contributed by atoms with Crippen LogP contribution in [0.15, 0.2) is 29.4 Å². The molecule has 0 spiro atoms. The summed E-state index contributed by atoms with van der Waals surface area (Å²) in [5.74, 6) is 0.222. The molecule has 0 saturated carbocycles. The van der Waals surface area contributed by atoms with Crippen LogP contribution in [0.5, 0.6) is 0 Å². The van der Waals surface area contributed by atoms with E-state index in [2.05, 4.69) is 4.98 Å². The number of thiazole rings is 1. The van der Waals surface area contributed by atoms with Crippen LogP contribution in [-0.4, -0.2) is 15.3 Å². The van der Waals surface area contributed by atoms with Gasteiger partial charge in [0, 0.05) is 29.8 Å². The third kappa shape index (κ3) is 2.58. The Morgan fingerprint density at radius 2 is 2.44 bits per heavy atom. The molecule has 2 rings (SSSR count). The standard InChI is InChI=1S/C12H14N2OS/c1-2-3-12(15)10-4-5-14(6-10)7-11-8-16-9-13-11/h4-6,8-9H,2-3,7H2,1H3. The summed E-state index contributed by atoms with van der Waals surface area (Å²) in [5.41, 5.74) is 3.66. The highest BCUT2D eigenvalue weighted by Crippen LogP contribution is 2.09. The average Bonchev–Trinajstić information content (AvgIpc) is 2.90. The molecule has 0 amide bonds. The van der Waals surface area contributed by atoms with Crippen molar-refractivity contribution in [2.45, 2.75) is 26.3 Å². The molecular formula is C12H14N2OS. The number of aromatic nitrogens is 2. The first-order valence-corrected chi connectivity index (χ1v) is 6.30. The molecule has 84 valence electrons. The number of hydrogen-bond donors (Lipinski definition) is 0. The Hall–Kier alpha value is -1.42. The zero-order valence-electron chi connectivity index (χ0n) is 9.22. The van der Waals surface area contributed by atoms with Gasteiger partial charge in [-0.15, -0.1) is 11.3 Å². The van der Waals surface area contributed by atoms with Crippen molar-refractivity contribution in [1.82, 2.24) is 9.55 Å². The third-order valence-corrected chi connectivity index (χ3v) is 3.01. The van der Waals surface area contributed by atoms with E-state index in [1.54, 1.807) is 11.3 Å². The molecule has 0 aromatic carbocycles. The third-order valence-electron chi connectivity index (χ3n) is 2.38. The topological polar surface area (TPSA) is 34.9 Å². The Bertz CT molecular complexity index is 459. The van der Waals surface area contributed by atoms with Gasteiger partial charge >= 0.3 is 0 Å². The van der Waals surface area contributed by atoms with E-state index in [4.69, 9.17) is 0 Å². The summed E-state index contributed by atoms with van der Waals surface area (Å²) in [6.45, 7) is 2.76. The lowest BCUT2D eigenvalue weighted by Crippen LogP contribution is -1.99. The lowest BCUT2D eigenvalue weighted by molar-refractivity contribution is 0.0981. The Morgan fingerprint density at radius 1 is 1.56 bits per heavy atom. The van der Waals surface area contributed by atoms with Crippen molar-refractivity contribution >= 4 is 17.1 Å². The lowest BCUT2D eigenvalue weighted by atomic mass is 10.1. The molecule has 0 aliphatic carbocycles. The van der Waals surface area contributed by atoms with E-state index in [1.165, 1.54) is 0 Å². The first kappa shape index (κ1) is 11.1. The van der Waals surface area contributed by atoms with E-state index in [0.717, 1.165) is 24.2 Å². The molecule has 0 saturated heterocycles. The summed E-state index contributed by atoms with van der Waals surface area (Å²) in [5, 5.41) is 2.02. The number of ketones is 1. The number of rotatable bonds is 5. The van der Waals surface area contributed by atoms with Crippen LogP contribution in [0.4, 0.5) is 0 Å². The van der Waals surface area contributed by atoms with Gasteiger partial charge in [-0.05, 0) is 12.5 Å². The molecule has 0 aliphatic rings. The highest BCUT2D eigenvalue weighted by Gasteiger charge is 2.06. The summed E-state index contributed by atoms with van der Waals surface area (Å²) in [7, 11) is 0. The van der Waals surface area contributed by atoms with Crippen molar-refractivity contribution < 1.29 is 4.79 Å². The van der Waals surface area contributed by atoms with Crippen molar-refractivity contribution in [3.05, 3.63) is 40.6 Å². The maximum absolute atomic E-state index is 11.6. The maximum Gasteiger partial charge on any atom is 0.164 e. The Kier molecular flexibility index (Phi) is 3.51. The number of hydrogen-bond acceptors (Lipinski definition) is 3. The summed E-state index contributed by atoms with van der Waals surface area (Å²) >= 11 is 1.59. The van der Waals surface area contributed by atoms with Crippen LogP contribution in [0.2, 0.25) is 0 Å². The van der Waals surface area contributed by atoms with E-state index < -0.39 is 0 Å². The van der Waals surface area contributed by atoms with Gasteiger partial charge in [0.25, 0.3) is 0 Å². The quantitative estimate of drug-likeness (QED) is 0.745. The average molecular weight is 234 g/mol. The highest BCUT2D eigenvalue weighted by atomic mass is 32.1. The molecule has 0 N–H and O–H groups in total. The predicted octanol–water partition coefficient (Wildman–Crippen LogP) is 2.98. The normalized spacial score (nSPS) is 10.6. The lowest BCUT2D eigenvalue weighted by Gasteiger charge is -1.98. The molecule has 0 radical (unpaired) electrons. The molecule has 16 heavy (non-hydrogen) atoms. The van der Waals surface area contributed by atoms with Gasteiger partial charge in [0.2, 0.25) is 0 Å². The Morgan fingerprint density at radius 3 is 3.12 bits per heavy atom. The second-order valence-electron chi connectivity index (χ2n) is 3.73. The smallest absolute Gasteiger partial charge is 0.164 e. The summed E-state index contributed by atoms with van der Waals surface area (Å²) in [6.07, 6.45) is 5.36. The molecule has 2 heterocycles. The molecular weight excluding hydrogens is 220 g/mol. The minimum atomic E-state index is 0.222. The van der Waals surface area contributed by atoms with Gasteiger partial charge in [-0.25, -0.2) is 4.98 Å². The number of Topliss-reactive ketones (excluding diaryl/α,β-unsaturated/α-hetero) is 1. The zero-order chi connectivity index (χ0) is 11.4. The van der Waals surface area contributed by atoms with Gasteiger partial charge in [0.05, 0.1) is 17.7 Å². The van der Waals surface area contributed by atoms with Crippen molar-refractivity contribution in [1.29, 1.82) is 0 Å². The molecule has 2 aromatic rings. The SMILES string of the molecule is CCCC(=O)c1ccn(Cc2cscn2)c1. The summed E-state index contributed by atoms with van der Waals surface area (Å²) < 4.78 is 2.00. The molecule has 0 bridgehead atoms. The van der Waals surface area contributed by atoms with Gasteiger partial charge in [0.1, 0.15) is 0 Å². The van der Waals surface area contributed by atoms with E-state index >= 15 is 0 Å². The van der Waals surface area contributed by atoms with Crippen LogP contribution in [-0.2, 0) is 6.54 Å². The van der Waals surface area contributed by atoms with Crippen molar-refractivity contribution in [2.75, 3.05) is 0 Å². The van der Waals surface area contributed by atoms with Crippen LogP contribution in [0.3, 0.4) is 0 Å². The highest BCUT2D eigenvalue weighted by molar-refractivity contribution is 7.07. The van der Waals surface area contributed by atoms with Gasteiger partial charge in [-0.1, -0.05) is 6.92 Å². The number of carbonyl (C=O) groups excluding carboxylic acids is 1. The Labute approximate surface area is 98.8 Å². The largest absolute Gasteiger partial charge is 0.348 e. The maximum atomic E-state index is 11.6. The number of carbonyl (C=O) groups is 1. The van der Waals surface area contributed by atoms with E-state index in [9.17, 15) is 4.79 Å². The van der Waals surface area contributed by atoms with E-state index in [-0.39, 0.29) is 5.78 Å². The van der Waals surface area contributed by atoms with Crippen LogP contribution >= 0.6 is 11.3 Å². The molecule has 4 heteroatoms. The second kappa shape index (κ2) is 5.07. The minimum Gasteiger partial charge on any atom is -0.348 e. The molecule has 0 atom stereocenters. The second-order valence-corrected chi connectivity index (χ2v) is 4.44. The molecule has 0 fully saturated rings. The Balaban J connectivity index is 2.05. The van der Waals surface area contributed by atoms with Gasteiger partial charge in [-0.3, -0.25) is 4.79 Å². The fraction of sp³-hybridized carbons (Fsp3) is 0.333. The van der Waals surface area contributed by atoms with Crippen LogP contribution in [0.1, 0.15) is 35.8 Å². The van der Waals surface area contributed by atoms with Gasteiger partial charge in [-0.2, -0.15) is 0 Å². The number of nitrogens with zero attached hydrogens (tertiary/aromatic N) is 2. The molecule has 3 nitrogen and oxygen atoms in total. The zero-order valence-corrected chi connectivity index (χ0v) is 10.0. The molecule has 0 aliphatic heterocycles. The predicted molar refractivity (Wildman–Crippen MR) is 64.9 cm³/mol. The first-order valence-electron chi connectivity index (χ1n) is 5.35. The van der Waals surface area contributed by atoms with Crippen molar-refractivity contribution in [2.24, 2.45) is 0 Å². The minimum absolute atomic E-state index is 0.222. The van der Waals surface area contributed by atoms with E-state index in [0.29, 0.717) is 6.42 Å².